The van der Waals surface area contributed by atoms with E-state index in [1.807, 2.05) is 0 Å². The first-order valence-corrected chi connectivity index (χ1v) is 8.34. The normalized spacial score (nSPS) is 36.8. The number of hydrazine groups is 1. The highest BCUT2D eigenvalue weighted by Crippen LogP contribution is 2.38. The van der Waals surface area contributed by atoms with Crippen molar-refractivity contribution in [3.8, 4) is 0 Å². The fourth-order valence-electron chi connectivity index (χ4n) is 3.99. The Morgan fingerprint density at radius 2 is 1.79 bits per heavy atom. The van der Waals surface area contributed by atoms with Gasteiger partial charge in [-0.1, -0.05) is 26.2 Å². The summed E-state index contributed by atoms with van der Waals surface area (Å²) in [6, 6.07) is 0.533. The Hall–Kier alpha value is -0.120. The van der Waals surface area contributed by atoms with Crippen molar-refractivity contribution in [3.63, 3.8) is 0 Å². The summed E-state index contributed by atoms with van der Waals surface area (Å²) in [5.41, 5.74) is 3.11. The third-order valence-electron chi connectivity index (χ3n) is 5.43. The number of nitrogens with two attached hydrogens (primary N) is 1. The van der Waals surface area contributed by atoms with E-state index in [-0.39, 0.29) is 0 Å². The van der Waals surface area contributed by atoms with Gasteiger partial charge in [0.15, 0.2) is 0 Å². The van der Waals surface area contributed by atoms with E-state index >= 15 is 0 Å². The lowest BCUT2D eigenvalue weighted by Gasteiger charge is -2.40. The molecule has 0 bridgehead atoms. The summed E-state index contributed by atoms with van der Waals surface area (Å²) >= 11 is 0. The van der Waals surface area contributed by atoms with Gasteiger partial charge in [0.2, 0.25) is 0 Å². The molecule has 2 aliphatic carbocycles. The first kappa shape index (κ1) is 15.3. The maximum atomic E-state index is 5.81. The van der Waals surface area contributed by atoms with Crippen LogP contribution in [0.15, 0.2) is 0 Å². The minimum absolute atomic E-state index is 0.532. The standard InChI is InChI=1S/C16H32N2O/c1-3-12-5-7-14(8-6-12)16(18-17)11-13-9-15(10-13)19-4-2/h12-16,18H,3-11,17H2,1-2H3. The zero-order valence-electron chi connectivity index (χ0n) is 12.7. The molecule has 0 aromatic rings. The molecule has 1 unspecified atom stereocenters. The van der Waals surface area contributed by atoms with Crippen molar-refractivity contribution in [2.24, 2.45) is 23.6 Å². The summed E-state index contributed by atoms with van der Waals surface area (Å²) in [5.74, 6) is 8.42. The van der Waals surface area contributed by atoms with Crippen molar-refractivity contribution >= 4 is 0 Å². The molecule has 2 fully saturated rings. The molecular formula is C16H32N2O. The molecule has 112 valence electrons. The van der Waals surface area contributed by atoms with Gasteiger partial charge in [0.25, 0.3) is 0 Å². The van der Waals surface area contributed by atoms with Gasteiger partial charge in [-0.3, -0.25) is 11.3 Å². The average Bonchev–Trinajstić information content (AvgIpc) is 2.41. The molecule has 0 aromatic carbocycles. The van der Waals surface area contributed by atoms with E-state index in [4.69, 9.17) is 10.6 Å². The fraction of sp³-hybridized carbons (Fsp3) is 1.00. The molecular weight excluding hydrogens is 236 g/mol. The zero-order chi connectivity index (χ0) is 13.7. The molecule has 0 radical (unpaired) electrons. The zero-order valence-corrected chi connectivity index (χ0v) is 12.7. The summed E-state index contributed by atoms with van der Waals surface area (Å²) in [5, 5.41) is 0. The second kappa shape index (κ2) is 7.61. The molecule has 0 aromatic heterocycles. The molecule has 19 heavy (non-hydrogen) atoms. The van der Waals surface area contributed by atoms with E-state index in [0.717, 1.165) is 24.4 Å². The van der Waals surface area contributed by atoms with E-state index in [1.165, 1.54) is 51.4 Å². The minimum atomic E-state index is 0.532. The Balaban J connectivity index is 1.69. The highest BCUT2D eigenvalue weighted by Gasteiger charge is 2.34. The van der Waals surface area contributed by atoms with Gasteiger partial charge in [-0.15, -0.1) is 0 Å². The number of rotatable bonds is 7. The van der Waals surface area contributed by atoms with Gasteiger partial charge in [0.05, 0.1) is 6.10 Å². The van der Waals surface area contributed by atoms with Gasteiger partial charge < -0.3 is 4.74 Å². The van der Waals surface area contributed by atoms with Gasteiger partial charge in [-0.05, 0) is 56.8 Å². The summed E-state index contributed by atoms with van der Waals surface area (Å²) in [6.07, 6.45) is 11.2. The van der Waals surface area contributed by atoms with Crippen LogP contribution in [0.5, 0.6) is 0 Å². The smallest absolute Gasteiger partial charge is 0.0580 e. The summed E-state index contributed by atoms with van der Waals surface area (Å²) in [4.78, 5) is 0. The number of hydrogen-bond donors (Lipinski definition) is 2. The minimum Gasteiger partial charge on any atom is -0.378 e. The molecule has 2 saturated carbocycles. The topological polar surface area (TPSA) is 47.3 Å². The molecule has 2 rings (SSSR count). The van der Waals surface area contributed by atoms with Crippen molar-refractivity contribution in [1.29, 1.82) is 0 Å². The first-order chi connectivity index (χ1) is 9.26. The van der Waals surface area contributed by atoms with E-state index in [1.54, 1.807) is 0 Å². The summed E-state index contributed by atoms with van der Waals surface area (Å²) in [6.45, 7) is 5.27. The van der Waals surface area contributed by atoms with Crippen LogP contribution in [0, 0.1) is 17.8 Å². The van der Waals surface area contributed by atoms with Crippen LogP contribution in [0.4, 0.5) is 0 Å². The fourth-order valence-corrected chi connectivity index (χ4v) is 3.99. The van der Waals surface area contributed by atoms with Crippen LogP contribution in [-0.2, 0) is 4.74 Å². The van der Waals surface area contributed by atoms with Crippen LogP contribution in [-0.4, -0.2) is 18.8 Å². The molecule has 3 heteroatoms. The lowest BCUT2D eigenvalue weighted by molar-refractivity contribution is -0.0315. The quantitative estimate of drug-likeness (QED) is 0.550. The SMILES string of the molecule is CCOC1CC(CC(NN)C2CCC(CC)CC2)C1. The maximum Gasteiger partial charge on any atom is 0.0580 e. The van der Waals surface area contributed by atoms with Crippen molar-refractivity contribution in [2.75, 3.05) is 6.61 Å². The lowest BCUT2D eigenvalue weighted by Crippen LogP contribution is -2.45. The van der Waals surface area contributed by atoms with E-state index in [9.17, 15) is 0 Å². The second-order valence-corrected chi connectivity index (χ2v) is 6.61. The van der Waals surface area contributed by atoms with Crippen LogP contribution >= 0.6 is 0 Å². The second-order valence-electron chi connectivity index (χ2n) is 6.61. The molecule has 0 saturated heterocycles. The van der Waals surface area contributed by atoms with Gasteiger partial charge in [0.1, 0.15) is 0 Å². The predicted octanol–water partition coefficient (Wildman–Crippen LogP) is 3.24. The third-order valence-corrected chi connectivity index (χ3v) is 5.43. The van der Waals surface area contributed by atoms with E-state index in [0.29, 0.717) is 12.1 Å². The van der Waals surface area contributed by atoms with Crippen molar-refractivity contribution in [3.05, 3.63) is 0 Å². The summed E-state index contributed by atoms with van der Waals surface area (Å²) in [7, 11) is 0. The number of ether oxygens (including phenoxy) is 1. The molecule has 3 nitrogen and oxygen atoms in total. The van der Waals surface area contributed by atoms with Gasteiger partial charge in [-0.2, -0.15) is 0 Å². The van der Waals surface area contributed by atoms with E-state index < -0.39 is 0 Å². The van der Waals surface area contributed by atoms with Crippen LogP contribution in [0.25, 0.3) is 0 Å². The molecule has 0 amide bonds. The maximum absolute atomic E-state index is 5.81. The van der Waals surface area contributed by atoms with Gasteiger partial charge in [-0.25, -0.2) is 0 Å². The van der Waals surface area contributed by atoms with Gasteiger partial charge in [0, 0.05) is 12.6 Å². The van der Waals surface area contributed by atoms with Crippen LogP contribution in [0.3, 0.4) is 0 Å². The molecule has 0 spiro atoms. The van der Waals surface area contributed by atoms with Crippen molar-refractivity contribution in [1.82, 2.24) is 5.43 Å². The van der Waals surface area contributed by atoms with Gasteiger partial charge >= 0.3 is 0 Å². The molecule has 3 N–H and O–H groups in total. The Morgan fingerprint density at radius 3 is 2.32 bits per heavy atom. The predicted molar refractivity (Wildman–Crippen MR) is 79.6 cm³/mol. The first-order valence-electron chi connectivity index (χ1n) is 8.34. The average molecular weight is 268 g/mol. The Morgan fingerprint density at radius 1 is 1.11 bits per heavy atom. The largest absolute Gasteiger partial charge is 0.378 e. The molecule has 0 heterocycles. The van der Waals surface area contributed by atoms with Crippen LogP contribution < -0.4 is 11.3 Å². The monoisotopic (exact) mass is 268 g/mol. The highest BCUT2D eigenvalue weighted by atomic mass is 16.5. The summed E-state index contributed by atoms with van der Waals surface area (Å²) < 4.78 is 5.65. The van der Waals surface area contributed by atoms with Crippen LogP contribution in [0.2, 0.25) is 0 Å². The van der Waals surface area contributed by atoms with E-state index in [2.05, 4.69) is 19.3 Å². The molecule has 0 aliphatic heterocycles. The highest BCUT2D eigenvalue weighted by molar-refractivity contribution is 4.87. The Bertz CT molecular complexity index is 245. The van der Waals surface area contributed by atoms with Crippen LogP contribution in [0.1, 0.15) is 65.2 Å². The Labute approximate surface area is 118 Å². The number of hydrogen-bond acceptors (Lipinski definition) is 3. The molecule has 1 atom stereocenters. The Kier molecular flexibility index (Phi) is 6.11. The van der Waals surface area contributed by atoms with Crippen molar-refractivity contribution < 1.29 is 4.74 Å². The molecule has 2 aliphatic rings. The lowest BCUT2D eigenvalue weighted by atomic mass is 9.72. The third kappa shape index (κ3) is 4.17. The van der Waals surface area contributed by atoms with Crippen molar-refractivity contribution in [2.45, 2.75) is 77.4 Å². The number of nitrogens with one attached hydrogen (secondary N) is 1.